The molecule has 0 saturated carbocycles. The lowest BCUT2D eigenvalue weighted by Gasteiger charge is -2.39. The van der Waals surface area contributed by atoms with E-state index >= 15 is 0 Å². The van der Waals surface area contributed by atoms with Gasteiger partial charge in [0.1, 0.15) is 0 Å². The minimum atomic E-state index is 0.548. The van der Waals surface area contributed by atoms with Gasteiger partial charge in [-0.1, -0.05) is 6.92 Å². The summed E-state index contributed by atoms with van der Waals surface area (Å²) in [7, 11) is 0. The van der Waals surface area contributed by atoms with Gasteiger partial charge in [-0.15, -0.1) is 0 Å². The molecule has 0 aliphatic carbocycles. The molecule has 1 aliphatic heterocycles. The van der Waals surface area contributed by atoms with Crippen molar-refractivity contribution in [2.24, 2.45) is 0 Å². The molecule has 2 rings (SSSR count). The second-order valence-electron chi connectivity index (χ2n) is 3.99. The molecule has 1 aliphatic rings. The molecule has 2 heterocycles. The van der Waals surface area contributed by atoms with Crippen LogP contribution in [0, 0.1) is 0 Å². The average Bonchev–Trinajstić information content (AvgIpc) is 2.22. The predicted molar refractivity (Wildman–Crippen MR) is 67.4 cm³/mol. The van der Waals surface area contributed by atoms with Crippen LogP contribution in [0.5, 0.6) is 0 Å². The van der Waals surface area contributed by atoms with E-state index in [-0.39, 0.29) is 0 Å². The molecule has 1 aromatic heterocycles. The van der Waals surface area contributed by atoms with Crippen molar-refractivity contribution in [3.8, 4) is 0 Å². The van der Waals surface area contributed by atoms with Crippen LogP contribution < -0.4 is 10.6 Å². The van der Waals surface area contributed by atoms with Gasteiger partial charge in [0.05, 0.1) is 17.6 Å². The molecule has 1 saturated heterocycles. The molecule has 2 N–H and O–H groups in total. The van der Waals surface area contributed by atoms with Crippen LogP contribution in [0.25, 0.3) is 0 Å². The standard InChI is InChI=1S/C11H17N3S/c1-8-9(2)15-4-3-14(8)11-5-10(12)6-13-7-11/h5-9H,3-4,12H2,1-2H3. The topological polar surface area (TPSA) is 42.2 Å². The van der Waals surface area contributed by atoms with Gasteiger partial charge in [-0.3, -0.25) is 4.98 Å². The molecule has 82 valence electrons. The summed E-state index contributed by atoms with van der Waals surface area (Å²) in [6.45, 7) is 5.63. The first-order valence-electron chi connectivity index (χ1n) is 5.27. The van der Waals surface area contributed by atoms with E-state index < -0.39 is 0 Å². The Kier molecular flexibility index (Phi) is 3.05. The van der Waals surface area contributed by atoms with Crippen molar-refractivity contribution in [2.75, 3.05) is 22.9 Å². The van der Waals surface area contributed by atoms with Crippen molar-refractivity contribution in [3.05, 3.63) is 18.5 Å². The average molecular weight is 223 g/mol. The van der Waals surface area contributed by atoms with E-state index in [1.165, 1.54) is 5.75 Å². The lowest BCUT2D eigenvalue weighted by atomic mass is 10.2. The third-order valence-electron chi connectivity index (χ3n) is 2.96. The molecular formula is C11H17N3S. The number of rotatable bonds is 1. The molecule has 0 bridgehead atoms. The van der Waals surface area contributed by atoms with Crippen molar-refractivity contribution in [2.45, 2.75) is 25.1 Å². The van der Waals surface area contributed by atoms with Gasteiger partial charge in [0.2, 0.25) is 0 Å². The van der Waals surface area contributed by atoms with Crippen LogP contribution in [-0.2, 0) is 0 Å². The fourth-order valence-electron chi connectivity index (χ4n) is 1.90. The number of thioether (sulfide) groups is 1. The summed E-state index contributed by atoms with van der Waals surface area (Å²) >= 11 is 2.04. The Balaban J connectivity index is 2.22. The van der Waals surface area contributed by atoms with Crippen molar-refractivity contribution >= 4 is 23.1 Å². The quantitative estimate of drug-likeness (QED) is 0.790. The fraction of sp³-hybridized carbons (Fsp3) is 0.545. The minimum absolute atomic E-state index is 0.548. The van der Waals surface area contributed by atoms with Crippen LogP contribution in [0.15, 0.2) is 18.5 Å². The van der Waals surface area contributed by atoms with E-state index in [9.17, 15) is 0 Å². The molecule has 2 unspecified atom stereocenters. The van der Waals surface area contributed by atoms with Crippen LogP contribution in [-0.4, -0.2) is 28.6 Å². The van der Waals surface area contributed by atoms with Gasteiger partial charge in [-0.05, 0) is 13.0 Å². The first kappa shape index (κ1) is 10.6. The third kappa shape index (κ3) is 2.20. The summed E-state index contributed by atoms with van der Waals surface area (Å²) in [5.74, 6) is 1.18. The zero-order valence-electron chi connectivity index (χ0n) is 9.18. The van der Waals surface area contributed by atoms with Crippen LogP contribution >= 0.6 is 11.8 Å². The Labute approximate surface area is 95.1 Å². The zero-order valence-corrected chi connectivity index (χ0v) is 10.00. The molecule has 0 amide bonds. The minimum Gasteiger partial charge on any atom is -0.397 e. The highest BCUT2D eigenvalue weighted by Gasteiger charge is 2.25. The molecule has 2 atom stereocenters. The van der Waals surface area contributed by atoms with Gasteiger partial charge in [0, 0.05) is 29.8 Å². The van der Waals surface area contributed by atoms with E-state index in [1.807, 2.05) is 24.0 Å². The van der Waals surface area contributed by atoms with E-state index in [1.54, 1.807) is 6.20 Å². The third-order valence-corrected chi connectivity index (χ3v) is 4.30. The number of hydrogen-bond donors (Lipinski definition) is 1. The monoisotopic (exact) mass is 223 g/mol. The summed E-state index contributed by atoms with van der Waals surface area (Å²) < 4.78 is 0. The Bertz CT molecular complexity index is 342. The molecule has 0 spiro atoms. The number of nitrogens with zero attached hydrogens (tertiary/aromatic N) is 2. The summed E-state index contributed by atoms with van der Waals surface area (Å²) in [5, 5.41) is 0.667. The SMILES string of the molecule is CC1SCCN(c2cncc(N)c2)C1C. The predicted octanol–water partition coefficient (Wildman–Crippen LogP) is 1.99. The van der Waals surface area contributed by atoms with Gasteiger partial charge in [-0.25, -0.2) is 0 Å². The van der Waals surface area contributed by atoms with Crippen molar-refractivity contribution in [3.63, 3.8) is 0 Å². The maximum Gasteiger partial charge on any atom is 0.0576 e. The van der Waals surface area contributed by atoms with Crippen molar-refractivity contribution in [1.82, 2.24) is 4.98 Å². The number of anilines is 2. The first-order chi connectivity index (χ1) is 7.18. The maximum atomic E-state index is 5.75. The zero-order chi connectivity index (χ0) is 10.8. The summed E-state index contributed by atoms with van der Waals surface area (Å²) in [6.07, 6.45) is 3.59. The van der Waals surface area contributed by atoms with Crippen molar-refractivity contribution in [1.29, 1.82) is 0 Å². The smallest absolute Gasteiger partial charge is 0.0576 e. The largest absolute Gasteiger partial charge is 0.397 e. The normalized spacial score (nSPS) is 26.7. The lowest BCUT2D eigenvalue weighted by molar-refractivity contribution is 0.626. The Morgan fingerprint density at radius 3 is 3.00 bits per heavy atom. The molecule has 15 heavy (non-hydrogen) atoms. The van der Waals surface area contributed by atoms with Gasteiger partial charge >= 0.3 is 0 Å². The molecule has 4 heteroatoms. The molecule has 1 aromatic rings. The first-order valence-corrected chi connectivity index (χ1v) is 6.32. The van der Waals surface area contributed by atoms with Crippen molar-refractivity contribution < 1.29 is 0 Å². The Hall–Kier alpha value is -0.900. The highest BCUT2D eigenvalue weighted by Crippen LogP contribution is 2.29. The lowest BCUT2D eigenvalue weighted by Crippen LogP contribution is -2.44. The number of aromatic nitrogens is 1. The summed E-state index contributed by atoms with van der Waals surface area (Å²) in [6, 6.07) is 2.55. The molecule has 1 fully saturated rings. The van der Waals surface area contributed by atoms with E-state index in [4.69, 9.17) is 5.73 Å². The van der Waals surface area contributed by atoms with Gasteiger partial charge < -0.3 is 10.6 Å². The van der Waals surface area contributed by atoms with Gasteiger partial charge in [0.15, 0.2) is 0 Å². The number of hydrogen-bond acceptors (Lipinski definition) is 4. The second-order valence-corrected chi connectivity index (χ2v) is 5.47. The van der Waals surface area contributed by atoms with Crippen LogP contribution in [0.1, 0.15) is 13.8 Å². The molecule has 0 aromatic carbocycles. The number of pyridine rings is 1. The van der Waals surface area contributed by atoms with E-state index in [2.05, 4.69) is 23.7 Å². The van der Waals surface area contributed by atoms with E-state index in [0.29, 0.717) is 11.3 Å². The molecule has 3 nitrogen and oxygen atoms in total. The number of nitrogen functional groups attached to an aromatic ring is 1. The fourth-order valence-corrected chi connectivity index (χ4v) is 3.00. The van der Waals surface area contributed by atoms with Crippen LogP contribution in [0.4, 0.5) is 11.4 Å². The highest BCUT2D eigenvalue weighted by molar-refractivity contribution is 8.00. The molecular weight excluding hydrogens is 206 g/mol. The van der Waals surface area contributed by atoms with Crippen LogP contribution in [0.2, 0.25) is 0 Å². The van der Waals surface area contributed by atoms with Gasteiger partial charge in [-0.2, -0.15) is 11.8 Å². The summed E-state index contributed by atoms with van der Waals surface area (Å²) in [4.78, 5) is 6.54. The second kappa shape index (κ2) is 4.31. The van der Waals surface area contributed by atoms with Gasteiger partial charge in [0.25, 0.3) is 0 Å². The Morgan fingerprint density at radius 1 is 1.47 bits per heavy atom. The van der Waals surface area contributed by atoms with E-state index in [0.717, 1.165) is 17.9 Å². The Morgan fingerprint density at radius 2 is 2.27 bits per heavy atom. The van der Waals surface area contributed by atoms with Crippen LogP contribution in [0.3, 0.4) is 0 Å². The maximum absolute atomic E-state index is 5.75. The summed E-state index contributed by atoms with van der Waals surface area (Å²) in [5.41, 5.74) is 7.64. The molecule has 0 radical (unpaired) electrons. The number of nitrogens with two attached hydrogens (primary N) is 1. The highest BCUT2D eigenvalue weighted by atomic mass is 32.2.